The molecule has 0 aromatic heterocycles. The molecule has 0 heterocycles. The van der Waals surface area contributed by atoms with Crippen molar-refractivity contribution in [2.24, 2.45) is 0 Å². The van der Waals surface area contributed by atoms with Gasteiger partial charge in [-0.2, -0.15) is 0 Å². The highest BCUT2D eigenvalue weighted by Crippen LogP contribution is 2.36. The van der Waals surface area contributed by atoms with Crippen LogP contribution < -0.4 is 14.8 Å². The summed E-state index contributed by atoms with van der Waals surface area (Å²) < 4.78 is 24.7. The van der Waals surface area contributed by atoms with Crippen molar-refractivity contribution < 1.29 is 13.9 Å². The summed E-state index contributed by atoms with van der Waals surface area (Å²) in [4.78, 5) is 0. The third-order valence-electron chi connectivity index (χ3n) is 3.18. The lowest BCUT2D eigenvalue weighted by atomic mass is 10.1. The van der Waals surface area contributed by atoms with Crippen LogP contribution in [-0.2, 0) is 6.54 Å². The predicted octanol–water partition coefficient (Wildman–Crippen LogP) is 4.53. The van der Waals surface area contributed by atoms with Crippen LogP contribution in [-0.4, -0.2) is 14.2 Å². The van der Waals surface area contributed by atoms with E-state index in [1.165, 1.54) is 12.1 Å². The number of nitrogens with one attached hydrogen (secondary N) is 1. The zero-order chi connectivity index (χ0) is 15.4. The molecule has 21 heavy (non-hydrogen) atoms. The SMILES string of the molecule is COc1cc(CNc2cc(F)ccc2C)cc(Br)c1OC. The van der Waals surface area contributed by atoms with Gasteiger partial charge in [-0.15, -0.1) is 0 Å². The van der Waals surface area contributed by atoms with Crippen LogP contribution in [0, 0.1) is 12.7 Å². The van der Waals surface area contributed by atoms with E-state index >= 15 is 0 Å². The van der Waals surface area contributed by atoms with Gasteiger partial charge in [-0.25, -0.2) is 4.39 Å². The molecule has 0 aliphatic carbocycles. The molecule has 0 bridgehead atoms. The minimum atomic E-state index is -0.253. The molecule has 2 rings (SSSR count). The van der Waals surface area contributed by atoms with Gasteiger partial charge in [0.05, 0.1) is 18.7 Å². The third kappa shape index (κ3) is 3.67. The lowest BCUT2D eigenvalue weighted by molar-refractivity contribution is 0.352. The van der Waals surface area contributed by atoms with Crippen molar-refractivity contribution in [3.8, 4) is 11.5 Å². The number of rotatable bonds is 5. The Morgan fingerprint density at radius 3 is 2.57 bits per heavy atom. The molecular weight excluding hydrogens is 337 g/mol. The molecule has 112 valence electrons. The van der Waals surface area contributed by atoms with Gasteiger partial charge >= 0.3 is 0 Å². The molecule has 2 aromatic rings. The van der Waals surface area contributed by atoms with Crippen LogP contribution in [0.5, 0.6) is 11.5 Å². The van der Waals surface area contributed by atoms with Crippen LogP contribution in [0.2, 0.25) is 0 Å². The summed E-state index contributed by atoms with van der Waals surface area (Å²) in [6.45, 7) is 2.50. The highest BCUT2D eigenvalue weighted by Gasteiger charge is 2.10. The maximum absolute atomic E-state index is 13.3. The first-order chi connectivity index (χ1) is 10.0. The first kappa shape index (κ1) is 15.6. The molecule has 0 spiro atoms. The maximum Gasteiger partial charge on any atom is 0.174 e. The third-order valence-corrected chi connectivity index (χ3v) is 3.76. The Morgan fingerprint density at radius 1 is 1.14 bits per heavy atom. The number of halogens is 2. The number of ether oxygens (including phenoxy) is 2. The Kier molecular flexibility index (Phi) is 5.07. The summed E-state index contributed by atoms with van der Waals surface area (Å²) in [5, 5.41) is 3.23. The lowest BCUT2D eigenvalue weighted by Gasteiger charge is -2.14. The highest BCUT2D eigenvalue weighted by atomic mass is 79.9. The fourth-order valence-corrected chi connectivity index (χ4v) is 2.71. The maximum atomic E-state index is 13.3. The summed E-state index contributed by atoms with van der Waals surface area (Å²) in [7, 11) is 3.19. The van der Waals surface area contributed by atoms with Crippen molar-refractivity contribution in [3.05, 3.63) is 51.7 Å². The molecule has 0 unspecified atom stereocenters. The molecule has 2 aromatic carbocycles. The van der Waals surface area contributed by atoms with Crippen molar-refractivity contribution in [2.75, 3.05) is 19.5 Å². The second-order valence-corrected chi connectivity index (χ2v) is 5.48. The van der Waals surface area contributed by atoms with Crippen LogP contribution in [0.3, 0.4) is 0 Å². The second-order valence-electron chi connectivity index (χ2n) is 4.63. The molecule has 5 heteroatoms. The standard InChI is InChI=1S/C16H17BrFNO2/c1-10-4-5-12(18)8-14(10)19-9-11-6-13(17)16(21-3)15(7-11)20-2/h4-8,19H,9H2,1-3H3. The van der Waals surface area contributed by atoms with E-state index in [1.807, 2.05) is 19.1 Å². The second kappa shape index (κ2) is 6.80. The van der Waals surface area contributed by atoms with E-state index in [2.05, 4.69) is 21.2 Å². The Balaban J connectivity index is 2.20. The summed E-state index contributed by atoms with van der Waals surface area (Å²) in [6, 6.07) is 8.54. The van der Waals surface area contributed by atoms with E-state index in [4.69, 9.17) is 9.47 Å². The Labute approximate surface area is 132 Å². The Morgan fingerprint density at radius 2 is 1.90 bits per heavy atom. The minimum Gasteiger partial charge on any atom is -0.493 e. The first-order valence-electron chi connectivity index (χ1n) is 6.45. The van der Waals surface area contributed by atoms with Gasteiger partial charge < -0.3 is 14.8 Å². The number of anilines is 1. The number of aryl methyl sites for hydroxylation is 1. The molecule has 0 aliphatic rings. The predicted molar refractivity (Wildman–Crippen MR) is 85.7 cm³/mol. The van der Waals surface area contributed by atoms with Gasteiger partial charge in [0.2, 0.25) is 0 Å². The number of hydrogen-bond donors (Lipinski definition) is 1. The molecule has 0 fully saturated rings. The summed E-state index contributed by atoms with van der Waals surface area (Å²) in [6.07, 6.45) is 0. The van der Waals surface area contributed by atoms with E-state index < -0.39 is 0 Å². The zero-order valence-electron chi connectivity index (χ0n) is 12.2. The molecule has 0 saturated carbocycles. The topological polar surface area (TPSA) is 30.5 Å². The Hall–Kier alpha value is -1.75. The fraction of sp³-hybridized carbons (Fsp3) is 0.250. The van der Waals surface area contributed by atoms with Gasteiger partial charge in [-0.05, 0) is 58.2 Å². The summed E-state index contributed by atoms with van der Waals surface area (Å²) >= 11 is 3.46. The number of benzene rings is 2. The quantitative estimate of drug-likeness (QED) is 0.856. The summed E-state index contributed by atoms with van der Waals surface area (Å²) in [5.74, 6) is 1.06. The number of hydrogen-bond acceptors (Lipinski definition) is 3. The molecule has 0 amide bonds. The minimum absolute atomic E-state index is 0.253. The normalized spacial score (nSPS) is 10.3. The van der Waals surface area contributed by atoms with Crippen molar-refractivity contribution in [2.45, 2.75) is 13.5 Å². The molecule has 3 nitrogen and oxygen atoms in total. The molecule has 0 saturated heterocycles. The fourth-order valence-electron chi connectivity index (χ4n) is 2.06. The van der Waals surface area contributed by atoms with Gasteiger partial charge in [0.15, 0.2) is 11.5 Å². The zero-order valence-corrected chi connectivity index (χ0v) is 13.8. The van der Waals surface area contributed by atoms with Gasteiger partial charge in [0, 0.05) is 12.2 Å². The molecular formula is C16H17BrFNO2. The van der Waals surface area contributed by atoms with Crippen LogP contribution in [0.25, 0.3) is 0 Å². The first-order valence-corrected chi connectivity index (χ1v) is 7.25. The molecule has 0 aliphatic heterocycles. The molecule has 0 radical (unpaired) electrons. The smallest absolute Gasteiger partial charge is 0.174 e. The lowest BCUT2D eigenvalue weighted by Crippen LogP contribution is -2.03. The molecule has 0 atom stereocenters. The van der Waals surface area contributed by atoms with E-state index in [1.54, 1.807) is 20.3 Å². The van der Waals surface area contributed by atoms with Crippen molar-refractivity contribution in [1.29, 1.82) is 0 Å². The molecule has 1 N–H and O–H groups in total. The van der Waals surface area contributed by atoms with Gasteiger partial charge in [-0.1, -0.05) is 6.07 Å². The van der Waals surface area contributed by atoms with Crippen LogP contribution in [0.15, 0.2) is 34.8 Å². The van der Waals surface area contributed by atoms with E-state index in [9.17, 15) is 4.39 Å². The van der Waals surface area contributed by atoms with Crippen molar-refractivity contribution in [3.63, 3.8) is 0 Å². The van der Waals surface area contributed by atoms with Gasteiger partial charge in [0.1, 0.15) is 5.82 Å². The number of methoxy groups -OCH3 is 2. The van der Waals surface area contributed by atoms with E-state index in [0.29, 0.717) is 18.0 Å². The monoisotopic (exact) mass is 353 g/mol. The van der Waals surface area contributed by atoms with Gasteiger partial charge in [0.25, 0.3) is 0 Å². The summed E-state index contributed by atoms with van der Waals surface area (Å²) in [5.41, 5.74) is 2.78. The van der Waals surface area contributed by atoms with Crippen molar-refractivity contribution >= 4 is 21.6 Å². The highest BCUT2D eigenvalue weighted by molar-refractivity contribution is 9.10. The largest absolute Gasteiger partial charge is 0.493 e. The average Bonchev–Trinajstić information content (AvgIpc) is 2.47. The van der Waals surface area contributed by atoms with Crippen molar-refractivity contribution in [1.82, 2.24) is 0 Å². The average molecular weight is 354 g/mol. The van der Waals surface area contributed by atoms with E-state index in [-0.39, 0.29) is 5.82 Å². The Bertz CT molecular complexity index is 646. The van der Waals surface area contributed by atoms with Crippen LogP contribution >= 0.6 is 15.9 Å². The van der Waals surface area contributed by atoms with E-state index in [0.717, 1.165) is 21.3 Å². The van der Waals surface area contributed by atoms with Gasteiger partial charge in [-0.3, -0.25) is 0 Å². The van der Waals surface area contributed by atoms with Crippen LogP contribution in [0.1, 0.15) is 11.1 Å². The van der Waals surface area contributed by atoms with Crippen LogP contribution in [0.4, 0.5) is 10.1 Å².